The molecule has 1 aromatic heterocycles. The van der Waals surface area contributed by atoms with Crippen LogP contribution in [0.3, 0.4) is 0 Å². The first-order chi connectivity index (χ1) is 14.5. The number of carbonyl (C=O) groups excluding carboxylic acids is 2. The third kappa shape index (κ3) is 4.66. The number of rotatable bonds is 6. The van der Waals surface area contributed by atoms with Crippen LogP contribution in [0, 0.1) is 11.3 Å². The van der Waals surface area contributed by atoms with E-state index >= 15 is 0 Å². The fourth-order valence-corrected chi connectivity index (χ4v) is 4.87. The van der Waals surface area contributed by atoms with Crippen molar-refractivity contribution < 1.29 is 19.1 Å². The van der Waals surface area contributed by atoms with Gasteiger partial charge in [0.15, 0.2) is 0 Å². The highest BCUT2D eigenvalue weighted by Gasteiger charge is 2.27. The van der Waals surface area contributed by atoms with E-state index in [1.807, 2.05) is 6.07 Å². The van der Waals surface area contributed by atoms with Crippen LogP contribution >= 0.6 is 22.9 Å². The van der Waals surface area contributed by atoms with E-state index in [2.05, 4.69) is 5.32 Å². The van der Waals surface area contributed by atoms with Gasteiger partial charge in [-0.05, 0) is 61.9 Å². The molecule has 1 aliphatic carbocycles. The van der Waals surface area contributed by atoms with Crippen molar-refractivity contribution in [3.05, 3.63) is 50.4 Å². The van der Waals surface area contributed by atoms with Crippen molar-refractivity contribution in [2.75, 3.05) is 19.0 Å². The first-order valence-electron chi connectivity index (χ1n) is 9.56. The summed E-state index contributed by atoms with van der Waals surface area (Å²) >= 11 is 7.50. The second-order valence-electron chi connectivity index (χ2n) is 6.65. The minimum absolute atomic E-state index is 0.0996. The molecule has 3 rings (SSSR count). The van der Waals surface area contributed by atoms with Crippen molar-refractivity contribution in [2.24, 2.45) is 0 Å². The number of aryl methyl sites for hydroxylation is 1. The average Bonchev–Trinajstić information content (AvgIpc) is 3.10. The number of nitriles is 1. The standard InChI is InChI=1S/C22H21ClN2O4S/c1-3-29-22(27)19-15-6-4-5-7-18(15)30-21(19)25-20(26)14(12-24)10-13-8-9-17(28-2)16(23)11-13/h8-11H,3-7H2,1-2H3,(H,25,26)/b14-10-. The first kappa shape index (κ1) is 21.9. The van der Waals surface area contributed by atoms with Crippen LogP contribution < -0.4 is 10.1 Å². The highest BCUT2D eigenvalue weighted by atomic mass is 35.5. The van der Waals surface area contributed by atoms with Crippen LogP contribution in [0.25, 0.3) is 6.08 Å². The van der Waals surface area contributed by atoms with E-state index in [0.717, 1.165) is 36.1 Å². The number of anilines is 1. The Balaban J connectivity index is 1.90. The van der Waals surface area contributed by atoms with Crippen LogP contribution in [0.4, 0.5) is 5.00 Å². The molecule has 0 saturated heterocycles. The van der Waals surface area contributed by atoms with Gasteiger partial charge in [-0.3, -0.25) is 4.79 Å². The predicted octanol–water partition coefficient (Wildman–Crippen LogP) is 5.01. The summed E-state index contributed by atoms with van der Waals surface area (Å²) in [6.07, 6.45) is 5.13. The second-order valence-corrected chi connectivity index (χ2v) is 8.17. The molecule has 6 nitrogen and oxygen atoms in total. The van der Waals surface area contributed by atoms with Gasteiger partial charge in [-0.2, -0.15) is 5.26 Å². The molecule has 0 unspecified atom stereocenters. The van der Waals surface area contributed by atoms with Crippen molar-refractivity contribution in [2.45, 2.75) is 32.6 Å². The maximum Gasteiger partial charge on any atom is 0.341 e. The molecular weight excluding hydrogens is 424 g/mol. The maximum atomic E-state index is 12.8. The zero-order chi connectivity index (χ0) is 21.7. The van der Waals surface area contributed by atoms with Gasteiger partial charge in [0.05, 0.1) is 24.3 Å². The molecule has 0 radical (unpaired) electrons. The van der Waals surface area contributed by atoms with Crippen LogP contribution in [0.2, 0.25) is 5.02 Å². The predicted molar refractivity (Wildman–Crippen MR) is 117 cm³/mol. The Morgan fingerprint density at radius 2 is 2.10 bits per heavy atom. The van der Waals surface area contributed by atoms with E-state index in [-0.39, 0.29) is 12.2 Å². The molecule has 2 aromatic rings. The number of ether oxygens (including phenoxy) is 2. The minimum Gasteiger partial charge on any atom is -0.495 e. The number of thiophene rings is 1. The van der Waals surface area contributed by atoms with E-state index in [1.165, 1.54) is 24.5 Å². The molecule has 1 N–H and O–H groups in total. The summed E-state index contributed by atoms with van der Waals surface area (Å²) in [6.45, 7) is 1.99. The van der Waals surface area contributed by atoms with Gasteiger partial charge in [-0.1, -0.05) is 17.7 Å². The number of fused-ring (bicyclic) bond motifs is 1. The fraction of sp³-hybridized carbons (Fsp3) is 0.318. The summed E-state index contributed by atoms with van der Waals surface area (Å²) in [6, 6.07) is 6.89. The topological polar surface area (TPSA) is 88.4 Å². The van der Waals surface area contributed by atoms with Crippen molar-refractivity contribution in [1.29, 1.82) is 5.26 Å². The number of methoxy groups -OCH3 is 1. The summed E-state index contributed by atoms with van der Waals surface area (Å²) in [5.74, 6) is -0.537. The third-order valence-corrected chi connectivity index (χ3v) is 6.23. The molecule has 1 aromatic carbocycles. The van der Waals surface area contributed by atoms with Gasteiger partial charge in [0, 0.05) is 4.88 Å². The van der Waals surface area contributed by atoms with E-state index in [4.69, 9.17) is 21.1 Å². The maximum absolute atomic E-state index is 12.8. The molecule has 1 heterocycles. The Labute approximate surface area is 184 Å². The largest absolute Gasteiger partial charge is 0.495 e. The SMILES string of the molecule is CCOC(=O)c1c(NC(=O)/C(C#N)=C\c2ccc(OC)c(Cl)c2)sc2c1CCCC2. The summed E-state index contributed by atoms with van der Waals surface area (Å²) in [4.78, 5) is 26.4. The van der Waals surface area contributed by atoms with Crippen LogP contribution in [0.5, 0.6) is 5.75 Å². The molecule has 0 spiro atoms. The molecule has 8 heteroatoms. The molecule has 0 bridgehead atoms. The number of hydrogen-bond donors (Lipinski definition) is 1. The van der Waals surface area contributed by atoms with Gasteiger partial charge >= 0.3 is 5.97 Å². The Hall–Kier alpha value is -2.82. The Morgan fingerprint density at radius 3 is 2.77 bits per heavy atom. The van der Waals surface area contributed by atoms with Crippen LogP contribution in [0.1, 0.15) is 46.1 Å². The molecule has 0 saturated carbocycles. The quantitative estimate of drug-likeness (QED) is 0.384. The average molecular weight is 445 g/mol. The van der Waals surface area contributed by atoms with Crippen molar-refractivity contribution in [3.8, 4) is 11.8 Å². The van der Waals surface area contributed by atoms with Gasteiger partial charge in [0.1, 0.15) is 22.4 Å². The van der Waals surface area contributed by atoms with E-state index in [1.54, 1.807) is 25.1 Å². The van der Waals surface area contributed by atoms with Crippen LogP contribution in [-0.4, -0.2) is 25.6 Å². The molecule has 1 aliphatic rings. The monoisotopic (exact) mass is 444 g/mol. The number of nitrogens with zero attached hydrogens (tertiary/aromatic N) is 1. The van der Waals surface area contributed by atoms with Crippen molar-refractivity contribution in [1.82, 2.24) is 0 Å². The smallest absolute Gasteiger partial charge is 0.341 e. The lowest BCUT2D eigenvalue weighted by molar-refractivity contribution is -0.112. The normalized spacial score (nSPS) is 13.2. The number of halogens is 1. The van der Waals surface area contributed by atoms with Gasteiger partial charge in [0.25, 0.3) is 5.91 Å². The summed E-state index contributed by atoms with van der Waals surface area (Å²) in [7, 11) is 1.51. The number of esters is 1. The van der Waals surface area contributed by atoms with Gasteiger partial charge in [-0.15, -0.1) is 11.3 Å². The number of benzene rings is 1. The number of amides is 1. The van der Waals surface area contributed by atoms with Gasteiger partial charge in [0.2, 0.25) is 0 Å². The number of nitrogens with one attached hydrogen (secondary N) is 1. The minimum atomic E-state index is -0.589. The lowest BCUT2D eigenvalue weighted by atomic mass is 9.95. The molecule has 30 heavy (non-hydrogen) atoms. The number of carbonyl (C=O) groups is 2. The molecule has 0 fully saturated rings. The van der Waals surface area contributed by atoms with Gasteiger partial charge in [-0.25, -0.2) is 4.79 Å². The molecule has 156 valence electrons. The third-order valence-electron chi connectivity index (χ3n) is 4.73. The molecule has 0 aliphatic heterocycles. The highest BCUT2D eigenvalue weighted by Crippen LogP contribution is 2.39. The zero-order valence-electron chi connectivity index (χ0n) is 16.7. The molecular formula is C22H21ClN2O4S. The zero-order valence-corrected chi connectivity index (χ0v) is 18.3. The highest BCUT2D eigenvalue weighted by molar-refractivity contribution is 7.17. The Morgan fingerprint density at radius 1 is 1.33 bits per heavy atom. The van der Waals surface area contributed by atoms with E-state index in [0.29, 0.717) is 26.9 Å². The Bertz CT molecular complexity index is 1050. The summed E-state index contributed by atoms with van der Waals surface area (Å²) in [5, 5.41) is 13.1. The lowest BCUT2D eigenvalue weighted by Gasteiger charge is -2.12. The second kappa shape index (κ2) is 9.79. The van der Waals surface area contributed by atoms with E-state index < -0.39 is 11.9 Å². The van der Waals surface area contributed by atoms with Crippen molar-refractivity contribution in [3.63, 3.8) is 0 Å². The van der Waals surface area contributed by atoms with Crippen LogP contribution in [0.15, 0.2) is 23.8 Å². The lowest BCUT2D eigenvalue weighted by Crippen LogP contribution is -2.16. The molecule has 1 amide bonds. The first-order valence-corrected chi connectivity index (χ1v) is 10.8. The Kier molecular flexibility index (Phi) is 7.14. The summed E-state index contributed by atoms with van der Waals surface area (Å²) < 4.78 is 10.3. The number of hydrogen-bond acceptors (Lipinski definition) is 6. The molecule has 0 atom stereocenters. The summed E-state index contributed by atoms with van der Waals surface area (Å²) in [5.41, 5.74) is 1.85. The van der Waals surface area contributed by atoms with Crippen LogP contribution in [-0.2, 0) is 22.4 Å². The van der Waals surface area contributed by atoms with Crippen molar-refractivity contribution >= 4 is 45.9 Å². The van der Waals surface area contributed by atoms with Gasteiger partial charge < -0.3 is 14.8 Å². The fourth-order valence-electron chi connectivity index (χ4n) is 3.33. The van der Waals surface area contributed by atoms with E-state index in [9.17, 15) is 14.9 Å².